The lowest BCUT2D eigenvalue weighted by molar-refractivity contribution is -0.127. The number of furan rings is 1. The average molecular weight is 547 g/mol. The zero-order valence-electron chi connectivity index (χ0n) is 22.3. The van der Waals surface area contributed by atoms with E-state index in [1.165, 1.54) is 7.11 Å². The number of rotatable bonds is 6. The van der Waals surface area contributed by atoms with Gasteiger partial charge in [-0.25, -0.2) is 0 Å². The maximum atomic E-state index is 13.3. The van der Waals surface area contributed by atoms with Crippen LogP contribution in [0.3, 0.4) is 0 Å². The van der Waals surface area contributed by atoms with Crippen LogP contribution in [0, 0.1) is 0 Å². The molecule has 0 aliphatic carbocycles. The molecular formula is C28H30N6O6. The molecule has 0 unspecified atom stereocenters. The number of methoxy groups -OCH3 is 1. The van der Waals surface area contributed by atoms with Gasteiger partial charge in [-0.1, -0.05) is 18.1 Å². The van der Waals surface area contributed by atoms with Gasteiger partial charge in [0.1, 0.15) is 22.4 Å². The summed E-state index contributed by atoms with van der Waals surface area (Å²) in [6.45, 7) is 6.45. The third-order valence-electron chi connectivity index (χ3n) is 8.12. The van der Waals surface area contributed by atoms with Crippen molar-refractivity contribution in [1.29, 1.82) is 0 Å². The van der Waals surface area contributed by atoms with Gasteiger partial charge in [-0.05, 0) is 30.3 Å². The molecule has 1 atom stereocenters. The van der Waals surface area contributed by atoms with Crippen molar-refractivity contribution in [3.63, 3.8) is 0 Å². The van der Waals surface area contributed by atoms with E-state index in [0.717, 1.165) is 25.2 Å². The molecular weight excluding hydrogens is 516 g/mol. The Morgan fingerprint density at radius 1 is 1.18 bits per heavy atom. The van der Waals surface area contributed by atoms with Gasteiger partial charge in [0.05, 0.1) is 13.5 Å². The third-order valence-corrected chi connectivity index (χ3v) is 8.12. The molecule has 6 rings (SSSR count). The Morgan fingerprint density at radius 2 is 1.98 bits per heavy atom. The molecule has 3 aliphatic rings. The van der Waals surface area contributed by atoms with Gasteiger partial charge in [0, 0.05) is 62.7 Å². The second kappa shape index (κ2) is 9.94. The summed E-state index contributed by atoms with van der Waals surface area (Å²) in [7, 11) is 1.53. The van der Waals surface area contributed by atoms with Gasteiger partial charge in [0.25, 0.3) is 5.91 Å². The second-order valence-corrected chi connectivity index (χ2v) is 10.4. The van der Waals surface area contributed by atoms with E-state index in [4.69, 9.17) is 9.15 Å². The summed E-state index contributed by atoms with van der Waals surface area (Å²) in [4.78, 5) is 49.4. The lowest BCUT2D eigenvalue weighted by Gasteiger charge is -2.35. The fraction of sp³-hybridized carbons (Fsp3) is 0.393. The smallest absolute Gasteiger partial charge is 0.254 e. The highest BCUT2D eigenvalue weighted by atomic mass is 16.5. The van der Waals surface area contributed by atoms with Crippen LogP contribution in [0.4, 0.5) is 0 Å². The van der Waals surface area contributed by atoms with Crippen LogP contribution in [0.1, 0.15) is 40.6 Å². The van der Waals surface area contributed by atoms with E-state index in [9.17, 15) is 19.6 Å². The van der Waals surface area contributed by atoms with Crippen LogP contribution >= 0.6 is 0 Å². The molecule has 3 aromatic rings. The number of nitrogens with one attached hydrogen (secondary N) is 1. The van der Waals surface area contributed by atoms with Crippen molar-refractivity contribution in [1.82, 2.24) is 25.0 Å². The Balaban J connectivity index is 1.31. The molecule has 3 amide bonds. The minimum atomic E-state index is -1.41. The van der Waals surface area contributed by atoms with Crippen molar-refractivity contribution in [3.05, 3.63) is 59.0 Å². The van der Waals surface area contributed by atoms with Crippen molar-refractivity contribution in [3.8, 4) is 5.75 Å². The van der Waals surface area contributed by atoms with E-state index in [2.05, 4.69) is 27.3 Å². The molecule has 3 aliphatic heterocycles. The number of carbonyl (C=O) groups is 3. The molecule has 2 N–H and O–H groups in total. The molecule has 2 aromatic heterocycles. The van der Waals surface area contributed by atoms with E-state index in [1.807, 2.05) is 11.0 Å². The minimum Gasteiger partial charge on any atom is -0.497 e. The number of piperazine rings is 1. The molecule has 0 radical (unpaired) electrons. The number of imide groups is 1. The number of amidine groups is 1. The van der Waals surface area contributed by atoms with Crippen molar-refractivity contribution in [2.24, 2.45) is 5.16 Å². The van der Waals surface area contributed by atoms with Crippen LogP contribution in [-0.2, 0) is 21.5 Å². The number of aromatic nitrogens is 1. The average Bonchev–Trinajstić information content (AvgIpc) is 3.62. The second-order valence-electron chi connectivity index (χ2n) is 10.4. The van der Waals surface area contributed by atoms with Gasteiger partial charge < -0.3 is 29.1 Å². The maximum Gasteiger partial charge on any atom is 0.254 e. The summed E-state index contributed by atoms with van der Waals surface area (Å²) in [5.74, 6) is -0.00715. The predicted molar refractivity (Wildman–Crippen MR) is 143 cm³/mol. The largest absolute Gasteiger partial charge is 0.497 e. The Bertz CT molecular complexity index is 1540. The van der Waals surface area contributed by atoms with Crippen LogP contribution in [0.2, 0.25) is 0 Å². The van der Waals surface area contributed by atoms with E-state index < -0.39 is 17.2 Å². The molecule has 208 valence electrons. The lowest BCUT2D eigenvalue weighted by Crippen LogP contribution is -2.48. The Morgan fingerprint density at radius 3 is 2.65 bits per heavy atom. The number of benzene rings is 1. The molecule has 0 bridgehead atoms. The van der Waals surface area contributed by atoms with Crippen molar-refractivity contribution in [2.45, 2.75) is 25.3 Å². The number of carbonyl (C=O) groups excluding carboxylic acids is 3. The van der Waals surface area contributed by atoms with Crippen molar-refractivity contribution >= 4 is 34.7 Å². The molecule has 12 nitrogen and oxygen atoms in total. The molecule has 2 saturated heterocycles. The zero-order chi connectivity index (χ0) is 28.0. The van der Waals surface area contributed by atoms with Gasteiger partial charge in [0.15, 0.2) is 11.4 Å². The Labute approximate surface area is 230 Å². The van der Waals surface area contributed by atoms with Gasteiger partial charge >= 0.3 is 0 Å². The first-order chi connectivity index (χ1) is 19.3. The van der Waals surface area contributed by atoms with Crippen LogP contribution < -0.4 is 10.1 Å². The van der Waals surface area contributed by atoms with Gasteiger partial charge in [-0.3, -0.25) is 24.7 Å². The van der Waals surface area contributed by atoms with E-state index in [1.54, 1.807) is 35.4 Å². The summed E-state index contributed by atoms with van der Waals surface area (Å²) in [6.07, 6.45) is 1.44. The molecule has 2 fully saturated rings. The van der Waals surface area contributed by atoms with Crippen LogP contribution in [0.5, 0.6) is 5.75 Å². The van der Waals surface area contributed by atoms with Gasteiger partial charge in [0.2, 0.25) is 11.8 Å². The number of hydrogen-bond donors (Lipinski definition) is 2. The van der Waals surface area contributed by atoms with Crippen LogP contribution in [0.25, 0.3) is 11.1 Å². The topological polar surface area (TPSA) is 141 Å². The first-order valence-corrected chi connectivity index (χ1v) is 13.3. The SMILES string of the molecule is CCN1CCN(C(=NO)c2cnc3cc([C@]4(CN5Cc6ccc(OC)cc6C5=O)CC(=O)NC4=O)oc3c2)CC1. The summed E-state index contributed by atoms with van der Waals surface area (Å²) < 4.78 is 11.5. The summed E-state index contributed by atoms with van der Waals surface area (Å²) >= 11 is 0. The van der Waals surface area contributed by atoms with Gasteiger partial charge in [-0.2, -0.15) is 0 Å². The number of nitrogens with zero attached hydrogens (tertiary/aromatic N) is 5. The Kier molecular flexibility index (Phi) is 6.41. The number of amides is 3. The lowest BCUT2D eigenvalue weighted by atomic mass is 9.82. The molecule has 0 spiro atoms. The van der Waals surface area contributed by atoms with Crippen LogP contribution in [-0.4, -0.2) is 94.8 Å². The fourth-order valence-corrected chi connectivity index (χ4v) is 5.83. The summed E-state index contributed by atoms with van der Waals surface area (Å²) in [5.41, 5.74) is 1.35. The quantitative estimate of drug-likeness (QED) is 0.155. The zero-order valence-corrected chi connectivity index (χ0v) is 22.3. The Hall–Kier alpha value is -4.45. The number of likely N-dealkylation sites (N-methyl/N-ethyl adjacent to an activating group) is 1. The predicted octanol–water partition coefficient (Wildman–Crippen LogP) is 1.55. The monoisotopic (exact) mass is 546 g/mol. The van der Waals surface area contributed by atoms with E-state index in [-0.39, 0.29) is 24.6 Å². The standard InChI is InChI=1S/C28H30N6O6/c1-3-32-6-8-33(9-7-32)25(31-38)18-10-22-21(29-14-18)12-23(40-22)28(13-24(35)30-27(28)37)16-34-15-17-4-5-19(39-2)11-20(17)26(34)36/h4-5,10-12,14,38H,3,6-9,13,15-16H2,1-2H3,(H,30,35,37)/t28-/m1/s1. The molecule has 1 aromatic carbocycles. The minimum absolute atomic E-state index is 0.0435. The first kappa shape index (κ1) is 25.8. The van der Waals surface area contributed by atoms with Crippen LogP contribution in [0.15, 0.2) is 46.1 Å². The number of hydrogen-bond acceptors (Lipinski definition) is 9. The summed E-state index contributed by atoms with van der Waals surface area (Å²) in [6, 6.07) is 8.66. The maximum absolute atomic E-state index is 13.3. The number of ether oxygens (including phenoxy) is 1. The number of pyridine rings is 1. The molecule has 0 saturated carbocycles. The van der Waals surface area contributed by atoms with E-state index >= 15 is 0 Å². The molecule has 40 heavy (non-hydrogen) atoms. The highest BCUT2D eigenvalue weighted by molar-refractivity contribution is 6.10. The highest BCUT2D eigenvalue weighted by Crippen LogP contribution is 2.39. The van der Waals surface area contributed by atoms with Gasteiger partial charge in [-0.15, -0.1) is 0 Å². The van der Waals surface area contributed by atoms with Crippen molar-refractivity contribution in [2.75, 3.05) is 46.4 Å². The third kappa shape index (κ3) is 4.24. The highest BCUT2D eigenvalue weighted by Gasteiger charge is 2.53. The molecule has 5 heterocycles. The normalized spacial score (nSPS) is 21.9. The van der Waals surface area contributed by atoms with Crippen molar-refractivity contribution < 1.29 is 28.7 Å². The number of fused-ring (bicyclic) bond motifs is 2. The fourth-order valence-electron chi connectivity index (χ4n) is 5.83. The van der Waals surface area contributed by atoms with E-state index in [0.29, 0.717) is 53.4 Å². The molecule has 12 heteroatoms. The first-order valence-electron chi connectivity index (χ1n) is 13.3. The summed E-state index contributed by atoms with van der Waals surface area (Å²) in [5, 5.41) is 15.8. The number of oxime groups is 1.